The van der Waals surface area contributed by atoms with Crippen LogP contribution in [0, 0.1) is 0 Å². The Kier molecular flexibility index (Phi) is 10.1. The Labute approximate surface area is 232 Å². The fourth-order valence-corrected chi connectivity index (χ4v) is 6.49. The number of anilines is 1. The van der Waals surface area contributed by atoms with Gasteiger partial charge in [-0.05, 0) is 54.1 Å². The monoisotopic (exact) mass is 527 g/mol. The van der Waals surface area contributed by atoms with E-state index in [1.807, 2.05) is 24.6 Å². The zero-order chi connectivity index (χ0) is 25.8. The van der Waals surface area contributed by atoms with Crippen molar-refractivity contribution in [2.45, 2.75) is 70.4 Å². The molecule has 0 amide bonds. The van der Waals surface area contributed by atoms with Crippen molar-refractivity contribution in [1.29, 1.82) is 0 Å². The van der Waals surface area contributed by atoms with Crippen LogP contribution in [0.4, 0.5) is 5.69 Å². The van der Waals surface area contributed by atoms with Crippen LogP contribution in [0.1, 0.15) is 75.0 Å². The van der Waals surface area contributed by atoms with E-state index < -0.39 is 0 Å². The third kappa shape index (κ3) is 7.84. The molecule has 5 nitrogen and oxygen atoms in total. The standard InChI is InChI=1S/C25H27N5S.C7H14/c1-2-6-22(7-3-1)25-8-4-5-15-30(31-25)18-21-9-11-23(12-10-21)28-16-13-24(14-17-28)29-19-26-27-20-29;1-2-4-6-7-5-3-1/h1-12,19-20,24H,13-18H2;1-7H2. The van der Waals surface area contributed by atoms with Gasteiger partial charge in [-0.3, -0.25) is 0 Å². The molecule has 38 heavy (non-hydrogen) atoms. The average Bonchev–Trinajstić information content (AvgIpc) is 3.19. The largest absolute Gasteiger partial charge is 0.371 e. The van der Waals surface area contributed by atoms with E-state index in [2.05, 4.69) is 96.8 Å². The molecule has 0 bridgehead atoms. The second-order valence-electron chi connectivity index (χ2n) is 10.5. The molecule has 3 aliphatic rings. The van der Waals surface area contributed by atoms with Crippen molar-refractivity contribution in [3.05, 3.63) is 96.6 Å². The fraction of sp³-hybridized carbons (Fsp3) is 0.438. The predicted octanol–water partition coefficient (Wildman–Crippen LogP) is 7.91. The van der Waals surface area contributed by atoms with Crippen LogP contribution < -0.4 is 4.90 Å². The summed E-state index contributed by atoms with van der Waals surface area (Å²) in [5, 5.41) is 7.89. The van der Waals surface area contributed by atoms with Crippen LogP contribution in [0.5, 0.6) is 0 Å². The molecule has 1 aromatic heterocycles. The summed E-state index contributed by atoms with van der Waals surface area (Å²) in [6, 6.07) is 20.3. The Hall–Kier alpha value is -2.83. The zero-order valence-corrected chi connectivity index (χ0v) is 23.3. The lowest BCUT2D eigenvalue weighted by atomic mass is 10.0. The quantitative estimate of drug-likeness (QED) is 0.249. The van der Waals surface area contributed by atoms with Gasteiger partial charge in [-0.25, -0.2) is 4.31 Å². The molecule has 0 radical (unpaired) electrons. The topological polar surface area (TPSA) is 37.2 Å². The Bertz CT molecular complexity index is 1110. The zero-order valence-electron chi connectivity index (χ0n) is 22.5. The predicted molar refractivity (Wildman–Crippen MR) is 161 cm³/mol. The van der Waals surface area contributed by atoms with Gasteiger partial charge in [0, 0.05) is 42.8 Å². The summed E-state index contributed by atoms with van der Waals surface area (Å²) < 4.78 is 4.56. The summed E-state index contributed by atoms with van der Waals surface area (Å²) in [6.07, 6.45) is 23.1. The second-order valence-corrected chi connectivity index (χ2v) is 11.6. The Morgan fingerprint density at radius 3 is 2.03 bits per heavy atom. The molecule has 0 atom stereocenters. The molecule has 6 rings (SSSR count). The summed E-state index contributed by atoms with van der Waals surface area (Å²) in [6.45, 7) is 4.01. The van der Waals surface area contributed by atoms with Gasteiger partial charge >= 0.3 is 0 Å². The lowest BCUT2D eigenvalue weighted by Gasteiger charge is -2.34. The van der Waals surface area contributed by atoms with Crippen molar-refractivity contribution in [2.24, 2.45) is 0 Å². The van der Waals surface area contributed by atoms with E-state index >= 15 is 0 Å². The number of hydrogen-bond donors (Lipinski definition) is 0. The van der Waals surface area contributed by atoms with Crippen LogP contribution >= 0.6 is 11.9 Å². The molecule has 1 aliphatic carbocycles. The molecule has 1 saturated carbocycles. The number of allylic oxidation sites excluding steroid dienone is 2. The molecular formula is C32H41N5S. The third-order valence-electron chi connectivity index (χ3n) is 7.71. The van der Waals surface area contributed by atoms with E-state index in [1.54, 1.807) is 0 Å². The summed E-state index contributed by atoms with van der Waals surface area (Å²) in [5.41, 5.74) is 3.94. The van der Waals surface area contributed by atoms with Crippen LogP contribution in [0.3, 0.4) is 0 Å². The summed E-state index contributed by atoms with van der Waals surface area (Å²) in [4.78, 5) is 3.78. The molecule has 200 valence electrons. The normalized spacial score (nSPS) is 19.2. The highest BCUT2D eigenvalue weighted by atomic mass is 32.2. The molecule has 3 aromatic rings. The average molecular weight is 528 g/mol. The van der Waals surface area contributed by atoms with Gasteiger partial charge in [0.25, 0.3) is 0 Å². The molecule has 6 heteroatoms. The van der Waals surface area contributed by atoms with Crippen LogP contribution in [-0.4, -0.2) is 38.7 Å². The van der Waals surface area contributed by atoms with E-state index in [1.165, 1.54) is 66.7 Å². The molecule has 1 saturated heterocycles. The third-order valence-corrected chi connectivity index (χ3v) is 8.82. The maximum Gasteiger partial charge on any atom is 0.119 e. The van der Waals surface area contributed by atoms with Crippen molar-refractivity contribution in [3.8, 4) is 0 Å². The number of benzene rings is 2. The van der Waals surface area contributed by atoms with Gasteiger partial charge in [0.05, 0.1) is 0 Å². The van der Waals surface area contributed by atoms with Gasteiger partial charge in [-0.2, -0.15) is 0 Å². The van der Waals surface area contributed by atoms with E-state index in [-0.39, 0.29) is 0 Å². The summed E-state index contributed by atoms with van der Waals surface area (Å²) >= 11 is 1.84. The maximum absolute atomic E-state index is 3.95. The molecular weight excluding hydrogens is 486 g/mol. The highest BCUT2D eigenvalue weighted by Gasteiger charge is 2.21. The summed E-state index contributed by atoms with van der Waals surface area (Å²) in [5.74, 6) is 0. The van der Waals surface area contributed by atoms with Gasteiger partial charge in [0.15, 0.2) is 0 Å². The first-order valence-corrected chi connectivity index (χ1v) is 15.2. The van der Waals surface area contributed by atoms with Gasteiger partial charge in [0.1, 0.15) is 12.7 Å². The highest BCUT2D eigenvalue weighted by molar-refractivity contribution is 8.06. The van der Waals surface area contributed by atoms with Gasteiger partial charge in [-0.1, -0.05) is 99.6 Å². The Balaban J connectivity index is 0.000000366. The minimum absolute atomic E-state index is 0.519. The highest BCUT2D eigenvalue weighted by Crippen LogP contribution is 2.33. The van der Waals surface area contributed by atoms with E-state index in [4.69, 9.17) is 0 Å². The fourth-order valence-electron chi connectivity index (χ4n) is 5.46. The van der Waals surface area contributed by atoms with Crippen molar-refractivity contribution < 1.29 is 0 Å². The second kappa shape index (κ2) is 14.4. The number of hydrogen-bond acceptors (Lipinski definition) is 5. The van der Waals surface area contributed by atoms with Gasteiger partial charge in [0.2, 0.25) is 0 Å². The molecule has 2 fully saturated rings. The lowest BCUT2D eigenvalue weighted by Crippen LogP contribution is -2.34. The molecule has 0 unspecified atom stereocenters. The van der Waals surface area contributed by atoms with Gasteiger partial charge < -0.3 is 9.47 Å². The number of rotatable bonds is 5. The van der Waals surface area contributed by atoms with Crippen LogP contribution in [0.25, 0.3) is 4.91 Å². The van der Waals surface area contributed by atoms with Crippen molar-refractivity contribution in [1.82, 2.24) is 19.1 Å². The van der Waals surface area contributed by atoms with E-state index in [0.29, 0.717) is 6.04 Å². The van der Waals surface area contributed by atoms with Crippen LogP contribution in [-0.2, 0) is 6.54 Å². The van der Waals surface area contributed by atoms with E-state index in [0.717, 1.165) is 39.0 Å². The SMILES string of the molecule is C1=CCN(Cc2ccc(N3CCC(n4cnnc4)CC3)cc2)SC(c2ccccc2)=C1.C1CCCCCC1. The number of piperidine rings is 1. The van der Waals surface area contributed by atoms with Crippen molar-refractivity contribution in [2.75, 3.05) is 24.5 Å². The first-order valence-electron chi connectivity index (χ1n) is 14.4. The minimum atomic E-state index is 0.519. The number of nitrogens with zero attached hydrogens (tertiary/aromatic N) is 5. The molecule has 2 aromatic carbocycles. The first-order chi connectivity index (χ1) is 18.8. The van der Waals surface area contributed by atoms with Crippen LogP contribution in [0.2, 0.25) is 0 Å². The molecule has 0 N–H and O–H groups in total. The van der Waals surface area contributed by atoms with Crippen molar-refractivity contribution in [3.63, 3.8) is 0 Å². The van der Waals surface area contributed by atoms with E-state index in [9.17, 15) is 0 Å². The maximum atomic E-state index is 3.95. The first kappa shape index (κ1) is 26.8. The lowest BCUT2D eigenvalue weighted by molar-refractivity contribution is 0.395. The summed E-state index contributed by atoms with van der Waals surface area (Å²) in [7, 11) is 0. The Morgan fingerprint density at radius 2 is 1.39 bits per heavy atom. The molecule has 0 spiro atoms. The Morgan fingerprint density at radius 1 is 0.763 bits per heavy atom. The van der Waals surface area contributed by atoms with Crippen LogP contribution in [0.15, 0.2) is 85.5 Å². The number of aromatic nitrogens is 3. The van der Waals surface area contributed by atoms with Crippen molar-refractivity contribution >= 4 is 22.5 Å². The minimum Gasteiger partial charge on any atom is -0.371 e. The molecule has 2 aliphatic heterocycles. The smallest absolute Gasteiger partial charge is 0.119 e. The van der Waals surface area contributed by atoms with Gasteiger partial charge in [-0.15, -0.1) is 10.2 Å². The molecule has 3 heterocycles.